The fourth-order valence-corrected chi connectivity index (χ4v) is 6.90. The van der Waals surface area contributed by atoms with Gasteiger partial charge in [0.25, 0.3) is 0 Å². The first-order valence-corrected chi connectivity index (χ1v) is 12.1. The summed E-state index contributed by atoms with van der Waals surface area (Å²) >= 11 is 1.78. The molecule has 4 rings (SSSR count). The van der Waals surface area contributed by atoms with E-state index in [9.17, 15) is 13.2 Å². The Bertz CT molecular complexity index is 900. The molecule has 2 fully saturated rings. The fraction of sp³-hybridized carbons (Fsp3) is 0.579. The summed E-state index contributed by atoms with van der Waals surface area (Å²) in [6, 6.07) is 8.07. The molecule has 0 bridgehead atoms. The number of carbonyl (C=O) groups excluding carboxylic acids is 1. The van der Waals surface area contributed by atoms with Crippen molar-refractivity contribution in [3.8, 4) is 0 Å². The van der Waals surface area contributed by atoms with E-state index in [0.29, 0.717) is 18.9 Å². The number of likely N-dealkylation sites (N-methyl/N-ethyl adjacent to an activating group) is 1. The standard InChI is InChI=1S/C19H25N3O3S2/c1-21(15-8-11-27(24,25)13-15)18(23)12-22-9-6-14(7-10-22)19-20-16-4-2-3-5-17(16)26-19/h2-5,14-15H,6-13H2,1H3/t15-/m0/s1. The van der Waals surface area contributed by atoms with E-state index in [1.54, 1.807) is 23.3 Å². The largest absolute Gasteiger partial charge is 0.341 e. The van der Waals surface area contributed by atoms with Crippen molar-refractivity contribution in [1.82, 2.24) is 14.8 Å². The maximum Gasteiger partial charge on any atom is 0.236 e. The highest BCUT2D eigenvalue weighted by atomic mass is 32.2. The van der Waals surface area contributed by atoms with Gasteiger partial charge in [0.05, 0.1) is 33.3 Å². The van der Waals surface area contributed by atoms with Crippen molar-refractivity contribution in [1.29, 1.82) is 0 Å². The van der Waals surface area contributed by atoms with E-state index in [-0.39, 0.29) is 23.5 Å². The van der Waals surface area contributed by atoms with Gasteiger partial charge in [-0.2, -0.15) is 0 Å². The Morgan fingerprint density at radius 2 is 2.00 bits per heavy atom. The number of fused-ring (bicyclic) bond motifs is 1. The van der Waals surface area contributed by atoms with Crippen molar-refractivity contribution >= 4 is 37.3 Å². The molecule has 2 aliphatic heterocycles. The lowest BCUT2D eigenvalue weighted by molar-refractivity contribution is -0.133. The fourth-order valence-electron chi connectivity index (χ4n) is 3.99. The van der Waals surface area contributed by atoms with E-state index in [2.05, 4.69) is 17.0 Å². The van der Waals surface area contributed by atoms with Crippen LogP contribution in [0.1, 0.15) is 30.2 Å². The third kappa shape index (κ3) is 4.17. The summed E-state index contributed by atoms with van der Waals surface area (Å²) in [7, 11) is -1.23. The zero-order valence-electron chi connectivity index (χ0n) is 15.5. The number of carbonyl (C=O) groups is 1. The van der Waals surface area contributed by atoms with Gasteiger partial charge in [-0.15, -0.1) is 11.3 Å². The summed E-state index contributed by atoms with van der Waals surface area (Å²) in [5, 5.41) is 1.20. The number of aromatic nitrogens is 1. The first kappa shape index (κ1) is 18.8. The first-order valence-electron chi connectivity index (χ1n) is 9.45. The van der Waals surface area contributed by atoms with E-state index in [0.717, 1.165) is 31.4 Å². The van der Waals surface area contributed by atoms with Crippen LogP contribution in [0.5, 0.6) is 0 Å². The number of piperidine rings is 1. The lowest BCUT2D eigenvalue weighted by Crippen LogP contribution is -2.45. The van der Waals surface area contributed by atoms with Gasteiger partial charge in [-0.1, -0.05) is 12.1 Å². The molecule has 2 aliphatic rings. The normalized spacial score (nSPS) is 23.7. The second kappa shape index (κ2) is 7.48. The molecular formula is C19H25N3O3S2. The van der Waals surface area contributed by atoms with E-state index >= 15 is 0 Å². The van der Waals surface area contributed by atoms with Gasteiger partial charge in [-0.3, -0.25) is 9.69 Å². The summed E-state index contributed by atoms with van der Waals surface area (Å²) in [4.78, 5) is 21.2. The number of sulfone groups is 1. The highest BCUT2D eigenvalue weighted by molar-refractivity contribution is 7.91. The summed E-state index contributed by atoms with van der Waals surface area (Å²) in [6.07, 6.45) is 2.58. The van der Waals surface area contributed by atoms with Crippen LogP contribution in [-0.4, -0.2) is 73.3 Å². The maximum absolute atomic E-state index is 12.6. The van der Waals surface area contributed by atoms with Gasteiger partial charge in [-0.05, 0) is 44.5 Å². The van der Waals surface area contributed by atoms with E-state index in [1.165, 1.54) is 9.71 Å². The Balaban J connectivity index is 1.30. The second-order valence-corrected chi connectivity index (χ2v) is 10.9. The van der Waals surface area contributed by atoms with E-state index < -0.39 is 9.84 Å². The minimum atomic E-state index is -2.97. The molecule has 0 saturated carbocycles. The minimum Gasteiger partial charge on any atom is -0.341 e. The monoisotopic (exact) mass is 407 g/mol. The lowest BCUT2D eigenvalue weighted by atomic mass is 9.97. The molecule has 3 heterocycles. The predicted octanol–water partition coefficient (Wildman–Crippen LogP) is 2.12. The quantitative estimate of drug-likeness (QED) is 0.776. The third-order valence-corrected chi connectivity index (χ3v) is 8.70. The average molecular weight is 408 g/mol. The molecule has 1 aromatic carbocycles. The number of thiazole rings is 1. The van der Waals surface area contributed by atoms with Crippen LogP contribution in [0.4, 0.5) is 0 Å². The Hall–Kier alpha value is -1.51. The van der Waals surface area contributed by atoms with Gasteiger partial charge in [-0.25, -0.2) is 13.4 Å². The molecule has 0 N–H and O–H groups in total. The number of nitrogens with zero attached hydrogens (tertiary/aromatic N) is 3. The van der Waals surface area contributed by atoms with Gasteiger partial charge in [0.2, 0.25) is 5.91 Å². The highest BCUT2D eigenvalue weighted by Gasteiger charge is 2.33. The molecule has 6 nitrogen and oxygen atoms in total. The van der Waals surface area contributed by atoms with Crippen LogP contribution in [0.15, 0.2) is 24.3 Å². The molecule has 2 saturated heterocycles. The van der Waals surface area contributed by atoms with Crippen molar-refractivity contribution in [3.05, 3.63) is 29.3 Å². The Labute approximate surface area is 164 Å². The molecule has 1 aromatic heterocycles. The molecule has 146 valence electrons. The molecule has 0 unspecified atom stereocenters. The number of likely N-dealkylation sites (tertiary alicyclic amines) is 1. The number of amides is 1. The van der Waals surface area contributed by atoms with Gasteiger partial charge in [0, 0.05) is 19.0 Å². The van der Waals surface area contributed by atoms with Crippen LogP contribution in [0.25, 0.3) is 10.2 Å². The zero-order chi connectivity index (χ0) is 19.0. The van der Waals surface area contributed by atoms with Crippen molar-refractivity contribution in [2.75, 3.05) is 38.2 Å². The SMILES string of the molecule is CN(C(=O)CN1CCC(c2nc3ccccc3s2)CC1)[C@H]1CCS(=O)(=O)C1. The van der Waals surface area contributed by atoms with E-state index in [4.69, 9.17) is 4.98 Å². The number of rotatable bonds is 4. The zero-order valence-corrected chi connectivity index (χ0v) is 17.1. The number of benzene rings is 1. The molecular weight excluding hydrogens is 382 g/mol. The van der Waals surface area contributed by atoms with Gasteiger partial charge in [0.1, 0.15) is 0 Å². The lowest BCUT2D eigenvalue weighted by Gasteiger charge is -2.32. The summed E-state index contributed by atoms with van der Waals surface area (Å²) in [5.74, 6) is 0.791. The molecule has 0 radical (unpaired) electrons. The van der Waals surface area contributed by atoms with Crippen LogP contribution < -0.4 is 0 Å². The molecule has 1 atom stereocenters. The summed E-state index contributed by atoms with van der Waals surface area (Å²) in [6.45, 7) is 2.13. The number of hydrogen-bond donors (Lipinski definition) is 0. The maximum atomic E-state index is 12.6. The van der Waals surface area contributed by atoms with Crippen LogP contribution in [-0.2, 0) is 14.6 Å². The Morgan fingerprint density at radius 1 is 1.26 bits per heavy atom. The second-order valence-electron chi connectivity index (χ2n) is 7.63. The van der Waals surface area contributed by atoms with E-state index in [1.807, 2.05) is 12.1 Å². The Morgan fingerprint density at radius 3 is 2.67 bits per heavy atom. The van der Waals surface area contributed by atoms with Gasteiger partial charge in [0.15, 0.2) is 9.84 Å². The minimum absolute atomic E-state index is 0.0236. The number of para-hydroxylation sites is 1. The third-order valence-electron chi connectivity index (χ3n) is 5.76. The Kier molecular flexibility index (Phi) is 5.22. The van der Waals surface area contributed by atoms with Gasteiger partial charge < -0.3 is 4.90 Å². The number of hydrogen-bond acceptors (Lipinski definition) is 6. The molecule has 8 heteroatoms. The van der Waals surface area contributed by atoms with Crippen molar-refractivity contribution in [2.24, 2.45) is 0 Å². The van der Waals surface area contributed by atoms with Crippen LogP contribution in [0.2, 0.25) is 0 Å². The van der Waals surface area contributed by atoms with Crippen molar-refractivity contribution in [3.63, 3.8) is 0 Å². The van der Waals surface area contributed by atoms with Crippen LogP contribution in [0, 0.1) is 0 Å². The summed E-state index contributed by atoms with van der Waals surface area (Å²) < 4.78 is 24.5. The topological polar surface area (TPSA) is 70.6 Å². The summed E-state index contributed by atoms with van der Waals surface area (Å²) in [5.41, 5.74) is 1.07. The van der Waals surface area contributed by atoms with Crippen molar-refractivity contribution in [2.45, 2.75) is 31.2 Å². The molecule has 0 spiro atoms. The van der Waals surface area contributed by atoms with Gasteiger partial charge >= 0.3 is 0 Å². The first-order chi connectivity index (χ1) is 12.9. The van der Waals surface area contributed by atoms with Crippen LogP contribution in [0.3, 0.4) is 0 Å². The molecule has 1 amide bonds. The van der Waals surface area contributed by atoms with Crippen molar-refractivity contribution < 1.29 is 13.2 Å². The molecule has 27 heavy (non-hydrogen) atoms. The molecule has 0 aliphatic carbocycles. The molecule has 2 aromatic rings. The average Bonchev–Trinajstić information content (AvgIpc) is 3.24. The van der Waals surface area contributed by atoms with Crippen LogP contribution >= 0.6 is 11.3 Å². The predicted molar refractivity (Wildman–Crippen MR) is 108 cm³/mol. The smallest absolute Gasteiger partial charge is 0.236 e. The highest BCUT2D eigenvalue weighted by Crippen LogP contribution is 2.33.